The van der Waals surface area contributed by atoms with Gasteiger partial charge in [0.1, 0.15) is 6.20 Å². The quantitative estimate of drug-likeness (QED) is 0.575. The van der Waals surface area contributed by atoms with Gasteiger partial charge >= 0.3 is 37.7 Å². The van der Waals surface area contributed by atoms with Gasteiger partial charge in [-0.05, 0) is 17.2 Å². The summed E-state index contributed by atoms with van der Waals surface area (Å²) in [5.41, 5.74) is -0.339. The molecule has 19 heavy (non-hydrogen) atoms. The van der Waals surface area contributed by atoms with E-state index >= 15 is 0 Å². The number of aromatic carboxylic acids is 2. The van der Waals surface area contributed by atoms with Crippen molar-refractivity contribution in [1.29, 1.82) is 0 Å². The number of carboxylic acids is 2. The van der Waals surface area contributed by atoms with Crippen LogP contribution in [-0.4, -0.2) is 61.5 Å². The molecule has 0 saturated carbocycles. The summed E-state index contributed by atoms with van der Waals surface area (Å²) in [4.78, 5) is 24.2. The summed E-state index contributed by atoms with van der Waals surface area (Å²) < 4.78 is 0. The molecule has 96 valence electrons. The molecule has 0 bridgehead atoms. The predicted octanol–water partition coefficient (Wildman–Crippen LogP) is -3.08. The number of carboxylic acid groups (broad SMARTS) is 2. The third kappa shape index (κ3) is 7.70. The second-order valence-corrected chi connectivity index (χ2v) is 2.99. The summed E-state index contributed by atoms with van der Waals surface area (Å²) in [7, 11) is 0. The number of aliphatic imine (C=N–C) groups is 1. The summed E-state index contributed by atoms with van der Waals surface area (Å²) in [5, 5.41) is 22.4. The van der Waals surface area contributed by atoms with Gasteiger partial charge < -0.3 is 25.3 Å². The van der Waals surface area contributed by atoms with E-state index in [2.05, 4.69) is 4.99 Å². The van der Waals surface area contributed by atoms with Crippen molar-refractivity contribution >= 4 is 56.0 Å². The zero-order chi connectivity index (χ0) is 12.7. The summed E-state index contributed by atoms with van der Waals surface area (Å²) >= 11 is 0. The van der Waals surface area contributed by atoms with Crippen LogP contribution in [0, 0.1) is 0 Å². The van der Waals surface area contributed by atoms with Crippen molar-refractivity contribution in [1.82, 2.24) is 0 Å². The zero-order valence-corrected chi connectivity index (χ0v) is 12.1. The average Bonchev–Trinajstić information content (AvgIpc) is 2.87. The first-order valence-corrected chi connectivity index (χ1v) is 4.65. The summed E-state index contributed by atoms with van der Waals surface area (Å²) in [6.45, 7) is 0. The Kier molecular flexibility index (Phi) is 11.3. The predicted molar refractivity (Wildman–Crippen MR) is 62.4 cm³/mol. The molecule has 1 aromatic carbocycles. The summed E-state index contributed by atoms with van der Waals surface area (Å²) in [6, 6.07) is 4.81. The van der Waals surface area contributed by atoms with Crippen molar-refractivity contribution in [3.63, 3.8) is 0 Å². The smallest absolute Gasteiger partial charge is 0.870 e. The molecule has 0 unspecified atom stereocenters. The first kappa shape index (κ1) is 20.1. The van der Waals surface area contributed by atoms with Gasteiger partial charge in [0, 0.05) is 0 Å². The topological polar surface area (TPSA) is 139 Å². The number of hydrogen-bond donors (Lipinski definition) is 1. The first-order chi connectivity index (χ1) is 8.11. The maximum Gasteiger partial charge on any atom is 2.00 e. The number of carbonyl (C=O) groups is 2. The third-order valence-electron chi connectivity index (χ3n) is 1.79. The Labute approximate surface area is 139 Å². The van der Waals surface area contributed by atoms with E-state index in [-0.39, 0.29) is 54.3 Å². The van der Waals surface area contributed by atoms with Gasteiger partial charge in [0.25, 0.3) is 0 Å². The van der Waals surface area contributed by atoms with E-state index in [4.69, 9.17) is 0 Å². The van der Waals surface area contributed by atoms with Crippen LogP contribution in [0.25, 0.3) is 0 Å². The van der Waals surface area contributed by atoms with E-state index in [1.807, 2.05) is 11.5 Å². The van der Waals surface area contributed by atoms with E-state index in [1.165, 1.54) is 18.2 Å². The fourth-order valence-corrected chi connectivity index (χ4v) is 1.02. The van der Waals surface area contributed by atoms with E-state index in [1.54, 1.807) is 12.5 Å². The Bertz CT molecular complexity index is 448. The van der Waals surface area contributed by atoms with E-state index in [0.29, 0.717) is 0 Å². The Hall–Kier alpha value is -1.25. The van der Waals surface area contributed by atoms with Crippen LogP contribution in [0.15, 0.2) is 41.7 Å². The SMILES string of the molecule is C1=C[NH2+]C=N1.O=C([O-])c1cccc(C(=O)[O-])c1.[Ca+2].[OH-]. The number of benzene rings is 1. The molecule has 1 aliphatic rings. The number of rotatable bonds is 2. The number of carbonyl (C=O) groups excluding carboxylic acids is 2. The molecule has 1 aromatic rings. The molecule has 0 radical (unpaired) electrons. The standard InChI is InChI=1S/C8H6O4.C3H4N2.Ca.H2O/c9-7(10)5-2-1-3-6(4-5)8(11)12;1-2-5-3-4-1;;/h1-4H,(H,9,10)(H,11,12);1-3H,(H,4,5);;1H2/q;;+2;/p-2. The van der Waals surface area contributed by atoms with Crippen molar-refractivity contribution in [2.45, 2.75) is 0 Å². The molecule has 0 amide bonds. The van der Waals surface area contributed by atoms with Crippen LogP contribution in [0.3, 0.4) is 0 Å². The van der Waals surface area contributed by atoms with Gasteiger partial charge in [-0.15, -0.1) is 0 Å². The number of nitrogens with zero attached hydrogens (tertiary/aromatic N) is 1. The number of hydrogen-bond acceptors (Lipinski definition) is 6. The molecule has 0 saturated heterocycles. The van der Waals surface area contributed by atoms with Crippen molar-refractivity contribution in [2.24, 2.45) is 4.99 Å². The molecule has 0 fully saturated rings. The molecule has 2 rings (SSSR count). The molecule has 0 aromatic heterocycles. The maximum absolute atomic E-state index is 10.3. The molecular weight excluding hydrogens is 280 g/mol. The van der Waals surface area contributed by atoms with Gasteiger partial charge in [0.05, 0.1) is 18.1 Å². The Morgan fingerprint density at radius 2 is 1.63 bits per heavy atom. The van der Waals surface area contributed by atoms with Crippen LogP contribution < -0.4 is 15.5 Å². The molecule has 0 aliphatic carbocycles. The minimum absolute atomic E-state index is 0. The second-order valence-electron chi connectivity index (χ2n) is 2.99. The van der Waals surface area contributed by atoms with Crippen LogP contribution in [-0.2, 0) is 0 Å². The minimum Gasteiger partial charge on any atom is -0.870 e. The molecular formula is C11H10CaN2O5. The van der Waals surface area contributed by atoms with Gasteiger partial charge in [0.15, 0.2) is 6.34 Å². The van der Waals surface area contributed by atoms with Crippen LogP contribution in [0.1, 0.15) is 20.7 Å². The summed E-state index contributed by atoms with van der Waals surface area (Å²) in [5.74, 6) is -2.81. The Morgan fingerprint density at radius 1 is 1.11 bits per heavy atom. The fourth-order valence-electron chi connectivity index (χ4n) is 1.02. The van der Waals surface area contributed by atoms with Crippen LogP contribution in [0.5, 0.6) is 0 Å². The zero-order valence-electron chi connectivity index (χ0n) is 9.85. The molecule has 8 heteroatoms. The van der Waals surface area contributed by atoms with Crippen LogP contribution in [0.2, 0.25) is 0 Å². The summed E-state index contributed by atoms with van der Waals surface area (Å²) in [6.07, 6.45) is 5.39. The van der Waals surface area contributed by atoms with Gasteiger partial charge in [-0.1, -0.05) is 18.2 Å². The van der Waals surface area contributed by atoms with Gasteiger partial charge in [-0.25, -0.2) is 4.99 Å². The molecule has 7 nitrogen and oxygen atoms in total. The van der Waals surface area contributed by atoms with Crippen LogP contribution >= 0.6 is 0 Å². The van der Waals surface area contributed by atoms with E-state index < -0.39 is 11.9 Å². The fraction of sp³-hybridized carbons (Fsp3) is 0. The minimum atomic E-state index is -1.40. The van der Waals surface area contributed by atoms with Crippen molar-refractivity contribution in [3.05, 3.63) is 47.8 Å². The molecule has 1 heterocycles. The second kappa shape index (κ2) is 10.7. The first-order valence-electron chi connectivity index (χ1n) is 4.65. The van der Waals surface area contributed by atoms with Crippen molar-refractivity contribution in [3.8, 4) is 0 Å². The van der Waals surface area contributed by atoms with Gasteiger partial charge in [-0.2, -0.15) is 0 Å². The number of nitrogens with two attached hydrogens (primary N) is 1. The molecule has 1 aliphatic heterocycles. The number of quaternary nitrogens is 1. The van der Waals surface area contributed by atoms with Crippen molar-refractivity contribution in [2.75, 3.05) is 0 Å². The Balaban J connectivity index is 0. The molecule has 3 N–H and O–H groups in total. The average molecular weight is 290 g/mol. The van der Waals surface area contributed by atoms with Crippen LogP contribution in [0.4, 0.5) is 0 Å². The monoisotopic (exact) mass is 290 g/mol. The van der Waals surface area contributed by atoms with Gasteiger partial charge in [0.2, 0.25) is 0 Å². The van der Waals surface area contributed by atoms with Crippen molar-refractivity contribution < 1.29 is 30.6 Å². The molecule has 0 spiro atoms. The molecule has 0 atom stereocenters. The maximum atomic E-state index is 10.3. The van der Waals surface area contributed by atoms with E-state index in [9.17, 15) is 19.8 Å². The largest absolute Gasteiger partial charge is 2.00 e. The van der Waals surface area contributed by atoms with E-state index in [0.717, 1.165) is 6.07 Å². The Morgan fingerprint density at radius 3 is 1.89 bits per heavy atom. The third-order valence-corrected chi connectivity index (χ3v) is 1.79. The van der Waals surface area contributed by atoms with Gasteiger partial charge in [-0.3, -0.25) is 5.32 Å². The normalized spacial score (nSPS) is 10.5.